The quantitative estimate of drug-likeness (QED) is 0.289. The molecule has 5 heteroatoms. The van der Waals surface area contributed by atoms with Gasteiger partial charge in [0.1, 0.15) is 5.75 Å². The first-order valence-electron chi connectivity index (χ1n) is 5.70. The highest BCUT2D eigenvalue weighted by Gasteiger charge is 1.97. The fourth-order valence-electron chi connectivity index (χ4n) is 1.35. The van der Waals surface area contributed by atoms with Crippen LogP contribution in [0.5, 0.6) is 5.75 Å². The summed E-state index contributed by atoms with van der Waals surface area (Å²) < 4.78 is 0. The second-order valence-corrected chi connectivity index (χ2v) is 4.26. The molecule has 1 aliphatic carbocycles. The van der Waals surface area contributed by atoms with E-state index in [4.69, 9.17) is 33.3 Å². The van der Waals surface area contributed by atoms with Crippen LogP contribution in [0.1, 0.15) is 5.56 Å². The molecule has 0 amide bonds. The number of rotatable bonds is 2. The minimum atomic E-state index is 0.128. The van der Waals surface area contributed by atoms with E-state index < -0.39 is 0 Å². The van der Waals surface area contributed by atoms with Gasteiger partial charge in [0.15, 0.2) is 0 Å². The highest BCUT2D eigenvalue weighted by Crippen LogP contribution is 2.20. The van der Waals surface area contributed by atoms with Crippen LogP contribution in [0.25, 0.3) is 0 Å². The van der Waals surface area contributed by atoms with Crippen LogP contribution in [-0.4, -0.2) is 22.4 Å². The van der Waals surface area contributed by atoms with Gasteiger partial charge in [-0.15, -0.1) is 11.6 Å². The topological polar surface area (TPSA) is 94.0 Å². The maximum Gasteiger partial charge on any atom is 0.138 e. The molecule has 100 valence electrons. The molecule has 0 atom stereocenters. The van der Waals surface area contributed by atoms with Crippen molar-refractivity contribution in [3.8, 4) is 5.75 Å². The number of nitrogen functional groups attached to an aromatic ring is 1. The second kappa shape index (κ2) is 7.38. The summed E-state index contributed by atoms with van der Waals surface area (Å²) in [5, 5.41) is 23.1. The average molecular weight is 278 g/mol. The molecule has 1 aromatic rings. The van der Waals surface area contributed by atoms with Crippen molar-refractivity contribution in [2.24, 2.45) is 0 Å². The first-order valence-corrected chi connectivity index (χ1v) is 6.23. The number of nitrogens with one attached hydrogen (secondary N) is 2. The van der Waals surface area contributed by atoms with Crippen LogP contribution in [0.15, 0.2) is 42.5 Å². The van der Waals surface area contributed by atoms with Crippen molar-refractivity contribution in [3.63, 3.8) is 0 Å². The minimum Gasteiger partial charge on any atom is -0.506 e. The number of hydrogen-bond donors (Lipinski definition) is 4. The predicted octanol–water partition coefficient (Wildman–Crippen LogP) is 2.91. The number of allylic oxidation sites excluding steroid dienone is 4. The Labute approximate surface area is 117 Å². The molecule has 0 heterocycles. The Bertz CT molecular complexity index is 513. The van der Waals surface area contributed by atoms with E-state index in [0.717, 1.165) is 12.0 Å². The number of aryl methyl sites for hydroxylation is 1. The number of anilines is 1. The fourth-order valence-corrected chi connectivity index (χ4v) is 1.57. The highest BCUT2D eigenvalue weighted by molar-refractivity contribution is 6.48. The lowest BCUT2D eigenvalue weighted by Crippen LogP contribution is -2.06. The maximum atomic E-state index is 9.05. The molecule has 0 fully saturated rings. The molecule has 0 saturated carbocycles. The Morgan fingerprint density at radius 1 is 1.11 bits per heavy atom. The zero-order chi connectivity index (χ0) is 14.3. The van der Waals surface area contributed by atoms with Gasteiger partial charge in [0.2, 0.25) is 0 Å². The number of nitrogens with two attached hydrogens (primary N) is 1. The third-order valence-corrected chi connectivity index (χ3v) is 2.59. The molecule has 4 nitrogen and oxygen atoms in total. The van der Waals surface area contributed by atoms with Gasteiger partial charge >= 0.3 is 0 Å². The maximum absolute atomic E-state index is 9.05. The SMILES string of the molecule is N=C1C=CC=CC1=N.Nc1cc(CCCl)ccc1O. The summed E-state index contributed by atoms with van der Waals surface area (Å²) in [5.41, 5.74) is 7.49. The first-order chi connectivity index (χ1) is 9.04. The molecule has 0 unspecified atom stereocenters. The average Bonchev–Trinajstić information content (AvgIpc) is 2.39. The molecule has 5 N–H and O–H groups in total. The van der Waals surface area contributed by atoms with E-state index in [1.807, 2.05) is 6.07 Å². The molecule has 1 aromatic carbocycles. The molecule has 2 rings (SSSR count). The van der Waals surface area contributed by atoms with E-state index in [9.17, 15) is 0 Å². The van der Waals surface area contributed by atoms with Gasteiger partial charge in [-0.25, -0.2) is 0 Å². The molecular formula is C14H16ClN3O. The zero-order valence-electron chi connectivity index (χ0n) is 10.4. The van der Waals surface area contributed by atoms with Crippen molar-refractivity contribution in [1.82, 2.24) is 0 Å². The van der Waals surface area contributed by atoms with Gasteiger partial charge in [-0.3, -0.25) is 10.8 Å². The third kappa shape index (κ3) is 4.97. The molecule has 0 radical (unpaired) electrons. The Morgan fingerprint density at radius 3 is 2.11 bits per heavy atom. The Hall–Kier alpha value is -2.07. The van der Waals surface area contributed by atoms with Gasteiger partial charge < -0.3 is 10.8 Å². The highest BCUT2D eigenvalue weighted by atomic mass is 35.5. The van der Waals surface area contributed by atoms with Gasteiger partial charge in [-0.05, 0) is 36.3 Å². The molecule has 0 saturated heterocycles. The van der Waals surface area contributed by atoms with Crippen molar-refractivity contribution in [1.29, 1.82) is 10.8 Å². The molecule has 19 heavy (non-hydrogen) atoms. The summed E-state index contributed by atoms with van der Waals surface area (Å²) in [6.07, 6.45) is 7.48. The smallest absolute Gasteiger partial charge is 0.138 e. The Morgan fingerprint density at radius 2 is 1.68 bits per heavy atom. The summed E-state index contributed by atoms with van der Waals surface area (Å²) in [6.45, 7) is 0. The van der Waals surface area contributed by atoms with Crippen LogP contribution in [-0.2, 0) is 6.42 Å². The van der Waals surface area contributed by atoms with Gasteiger partial charge in [0.25, 0.3) is 0 Å². The number of hydrogen-bond acceptors (Lipinski definition) is 4. The zero-order valence-corrected chi connectivity index (χ0v) is 11.1. The minimum absolute atomic E-state index is 0.128. The van der Waals surface area contributed by atoms with Gasteiger partial charge in [-0.1, -0.05) is 18.2 Å². The summed E-state index contributed by atoms with van der Waals surface area (Å²) in [7, 11) is 0. The number of phenols is 1. The van der Waals surface area contributed by atoms with E-state index in [0.29, 0.717) is 11.6 Å². The lowest BCUT2D eigenvalue weighted by atomic mass is 10.1. The van der Waals surface area contributed by atoms with Crippen molar-refractivity contribution in [2.45, 2.75) is 6.42 Å². The largest absolute Gasteiger partial charge is 0.506 e. The summed E-state index contributed by atoms with van der Waals surface area (Å²) in [6, 6.07) is 5.13. The Balaban J connectivity index is 0.000000200. The van der Waals surface area contributed by atoms with Crippen LogP contribution in [0.3, 0.4) is 0 Å². The second-order valence-electron chi connectivity index (χ2n) is 3.88. The van der Waals surface area contributed by atoms with Gasteiger partial charge in [0.05, 0.1) is 17.1 Å². The van der Waals surface area contributed by atoms with E-state index in [2.05, 4.69) is 0 Å². The van der Waals surface area contributed by atoms with Crippen molar-refractivity contribution in [2.75, 3.05) is 11.6 Å². The van der Waals surface area contributed by atoms with Crippen LogP contribution in [0, 0.1) is 10.8 Å². The van der Waals surface area contributed by atoms with Gasteiger partial charge in [-0.2, -0.15) is 0 Å². The number of phenolic OH excluding ortho intramolecular Hbond substituents is 1. The number of alkyl halides is 1. The van der Waals surface area contributed by atoms with E-state index in [1.54, 1.807) is 36.4 Å². The lowest BCUT2D eigenvalue weighted by molar-refractivity contribution is 0.478. The van der Waals surface area contributed by atoms with Crippen LogP contribution in [0.2, 0.25) is 0 Å². The monoisotopic (exact) mass is 277 g/mol. The number of benzene rings is 1. The predicted molar refractivity (Wildman–Crippen MR) is 80.7 cm³/mol. The molecular weight excluding hydrogens is 262 g/mol. The lowest BCUT2D eigenvalue weighted by Gasteiger charge is -2.01. The Kier molecular flexibility index (Phi) is 5.82. The summed E-state index contributed by atoms with van der Waals surface area (Å²) in [4.78, 5) is 0. The van der Waals surface area contributed by atoms with Crippen LogP contribution >= 0.6 is 11.6 Å². The molecule has 1 aliphatic rings. The first kappa shape index (κ1) is 15.0. The molecule has 0 aliphatic heterocycles. The van der Waals surface area contributed by atoms with Crippen LogP contribution < -0.4 is 5.73 Å². The third-order valence-electron chi connectivity index (χ3n) is 2.40. The summed E-state index contributed by atoms with van der Waals surface area (Å²) >= 11 is 5.52. The molecule has 0 spiro atoms. The van der Waals surface area contributed by atoms with E-state index in [-0.39, 0.29) is 17.2 Å². The summed E-state index contributed by atoms with van der Waals surface area (Å²) in [5.74, 6) is 0.702. The van der Waals surface area contributed by atoms with Crippen molar-refractivity contribution < 1.29 is 5.11 Å². The number of halogens is 1. The van der Waals surface area contributed by atoms with Crippen molar-refractivity contribution >= 4 is 28.7 Å². The van der Waals surface area contributed by atoms with Crippen LogP contribution in [0.4, 0.5) is 5.69 Å². The normalized spacial score (nSPS) is 13.1. The van der Waals surface area contributed by atoms with Crippen molar-refractivity contribution in [3.05, 3.63) is 48.1 Å². The van der Waals surface area contributed by atoms with E-state index >= 15 is 0 Å². The standard InChI is InChI=1S/C8H10ClNO.C6H6N2/c9-4-3-6-1-2-8(11)7(10)5-6;7-5-3-1-2-4-6(5)8/h1-2,5,11H,3-4,10H2;1-4,7-8H. The van der Waals surface area contributed by atoms with E-state index in [1.165, 1.54) is 0 Å². The molecule has 0 aromatic heterocycles. The number of aromatic hydroxyl groups is 1. The fraction of sp³-hybridized carbons (Fsp3) is 0.143. The molecule has 0 bridgehead atoms. The van der Waals surface area contributed by atoms with Gasteiger partial charge in [0, 0.05) is 5.88 Å².